The highest BCUT2D eigenvalue weighted by Crippen LogP contribution is 2.27. The Balaban J connectivity index is 1.91. The molecular formula is C17H25N3O4. The lowest BCUT2D eigenvalue weighted by molar-refractivity contribution is -0.384. The van der Waals surface area contributed by atoms with Crippen LogP contribution in [0.4, 0.5) is 11.4 Å². The monoisotopic (exact) mass is 335 g/mol. The Bertz CT molecular complexity index is 625. The molecule has 1 aliphatic rings. The second-order valence-corrected chi connectivity index (χ2v) is 6.90. The van der Waals surface area contributed by atoms with E-state index in [1.165, 1.54) is 12.1 Å². The van der Waals surface area contributed by atoms with E-state index in [1.807, 2.05) is 0 Å². The van der Waals surface area contributed by atoms with Crippen molar-refractivity contribution in [3.8, 4) is 0 Å². The number of aliphatic hydroxyl groups is 1. The molecule has 1 heterocycles. The molecule has 0 aliphatic carbocycles. The first-order valence-electron chi connectivity index (χ1n) is 8.20. The summed E-state index contributed by atoms with van der Waals surface area (Å²) in [6.07, 6.45) is 2.29. The summed E-state index contributed by atoms with van der Waals surface area (Å²) < 4.78 is 0. The first-order valence-corrected chi connectivity index (χ1v) is 8.20. The van der Waals surface area contributed by atoms with Crippen molar-refractivity contribution in [2.45, 2.75) is 51.7 Å². The Kier molecular flexibility index (Phi) is 5.56. The highest BCUT2D eigenvalue weighted by molar-refractivity contribution is 5.91. The number of hydrogen-bond donors (Lipinski definition) is 2. The molecule has 1 aromatic carbocycles. The van der Waals surface area contributed by atoms with Crippen molar-refractivity contribution in [3.63, 3.8) is 0 Å². The number of anilines is 1. The van der Waals surface area contributed by atoms with Crippen molar-refractivity contribution in [1.29, 1.82) is 0 Å². The molecule has 2 N–H and O–H groups in total. The minimum Gasteiger partial charge on any atom is -0.389 e. The quantitative estimate of drug-likeness (QED) is 0.615. The van der Waals surface area contributed by atoms with Crippen molar-refractivity contribution < 1.29 is 14.8 Å². The standard InChI is InChI=1S/C17H25N3O4/c1-12-11-13(20(23)24)6-7-14(12)18-16(21)8-10-19-9-4-5-15(19)17(2,3)22/h6-7,11,15,22H,4-5,8-10H2,1-3H3,(H,18,21). The molecule has 1 fully saturated rings. The smallest absolute Gasteiger partial charge is 0.269 e. The molecule has 0 radical (unpaired) electrons. The molecule has 0 saturated carbocycles. The lowest BCUT2D eigenvalue weighted by atomic mass is 9.96. The Morgan fingerprint density at radius 3 is 2.79 bits per heavy atom. The van der Waals surface area contributed by atoms with E-state index < -0.39 is 10.5 Å². The first-order chi connectivity index (χ1) is 11.2. The van der Waals surface area contributed by atoms with Gasteiger partial charge in [-0.3, -0.25) is 19.8 Å². The number of amides is 1. The van der Waals surface area contributed by atoms with E-state index in [2.05, 4.69) is 10.2 Å². The molecule has 7 heteroatoms. The van der Waals surface area contributed by atoms with E-state index in [-0.39, 0.29) is 17.6 Å². The number of nitrogens with one attached hydrogen (secondary N) is 1. The van der Waals surface area contributed by atoms with E-state index in [9.17, 15) is 20.0 Å². The average molecular weight is 335 g/mol. The molecular weight excluding hydrogens is 310 g/mol. The molecule has 1 unspecified atom stereocenters. The third-order valence-electron chi connectivity index (χ3n) is 4.50. The highest BCUT2D eigenvalue weighted by atomic mass is 16.6. The molecule has 2 rings (SSSR count). The predicted octanol–water partition coefficient (Wildman–Crippen LogP) is 2.47. The number of hydrogen-bond acceptors (Lipinski definition) is 5. The van der Waals surface area contributed by atoms with Crippen LogP contribution in [-0.2, 0) is 4.79 Å². The summed E-state index contributed by atoms with van der Waals surface area (Å²) in [5, 5.41) is 23.7. The van der Waals surface area contributed by atoms with Crippen molar-refractivity contribution in [2.24, 2.45) is 0 Å². The largest absolute Gasteiger partial charge is 0.389 e. The van der Waals surface area contributed by atoms with Gasteiger partial charge in [-0.1, -0.05) is 0 Å². The van der Waals surface area contributed by atoms with Crippen molar-refractivity contribution in [3.05, 3.63) is 33.9 Å². The van der Waals surface area contributed by atoms with E-state index in [4.69, 9.17) is 0 Å². The first kappa shape index (κ1) is 18.4. The number of nitro groups is 1. The van der Waals surface area contributed by atoms with Gasteiger partial charge in [-0.05, 0) is 51.8 Å². The zero-order valence-corrected chi connectivity index (χ0v) is 14.4. The van der Waals surface area contributed by atoms with Crippen LogP contribution in [0.25, 0.3) is 0 Å². The van der Waals surface area contributed by atoms with Crippen LogP contribution in [0.3, 0.4) is 0 Å². The number of benzene rings is 1. The summed E-state index contributed by atoms with van der Waals surface area (Å²) in [5.41, 5.74) is 0.483. The molecule has 0 spiro atoms. The summed E-state index contributed by atoms with van der Waals surface area (Å²) in [6, 6.07) is 4.46. The minimum absolute atomic E-state index is 0.00980. The molecule has 1 aliphatic heterocycles. The van der Waals surface area contributed by atoms with Gasteiger partial charge in [0.25, 0.3) is 5.69 Å². The lowest BCUT2D eigenvalue weighted by Crippen LogP contribution is -2.46. The van der Waals surface area contributed by atoms with Crippen LogP contribution in [0, 0.1) is 17.0 Å². The van der Waals surface area contributed by atoms with Crippen LogP contribution >= 0.6 is 0 Å². The van der Waals surface area contributed by atoms with Gasteiger partial charge < -0.3 is 10.4 Å². The van der Waals surface area contributed by atoms with E-state index in [1.54, 1.807) is 26.8 Å². The molecule has 0 bridgehead atoms. The highest BCUT2D eigenvalue weighted by Gasteiger charge is 2.35. The molecule has 132 valence electrons. The summed E-state index contributed by atoms with van der Waals surface area (Å²) in [7, 11) is 0. The third kappa shape index (κ3) is 4.52. The van der Waals surface area contributed by atoms with Gasteiger partial charge in [-0.2, -0.15) is 0 Å². The fraction of sp³-hybridized carbons (Fsp3) is 0.588. The van der Waals surface area contributed by atoms with Gasteiger partial charge in [0.1, 0.15) is 0 Å². The topological polar surface area (TPSA) is 95.7 Å². The van der Waals surface area contributed by atoms with Crippen LogP contribution in [0.2, 0.25) is 0 Å². The van der Waals surface area contributed by atoms with Gasteiger partial charge in [-0.15, -0.1) is 0 Å². The number of nitro benzene ring substituents is 1. The van der Waals surface area contributed by atoms with Gasteiger partial charge in [0.2, 0.25) is 5.91 Å². The Hall–Kier alpha value is -1.99. The van der Waals surface area contributed by atoms with Crippen LogP contribution in [0.1, 0.15) is 38.7 Å². The zero-order valence-electron chi connectivity index (χ0n) is 14.4. The second kappa shape index (κ2) is 7.27. The van der Waals surface area contributed by atoms with Crippen LogP contribution < -0.4 is 5.32 Å². The average Bonchev–Trinajstić information content (AvgIpc) is 2.95. The third-order valence-corrected chi connectivity index (χ3v) is 4.50. The number of carbonyl (C=O) groups is 1. The Labute approximate surface area is 141 Å². The number of carbonyl (C=O) groups excluding carboxylic acids is 1. The lowest BCUT2D eigenvalue weighted by Gasteiger charge is -2.33. The fourth-order valence-corrected chi connectivity index (χ4v) is 3.25. The van der Waals surface area contributed by atoms with Gasteiger partial charge in [0.15, 0.2) is 0 Å². The number of rotatable bonds is 6. The maximum absolute atomic E-state index is 12.2. The van der Waals surface area contributed by atoms with Crippen LogP contribution in [0.15, 0.2) is 18.2 Å². The van der Waals surface area contributed by atoms with Crippen LogP contribution in [-0.4, -0.2) is 45.6 Å². The molecule has 0 aromatic heterocycles. The molecule has 1 saturated heterocycles. The summed E-state index contributed by atoms with van der Waals surface area (Å²) >= 11 is 0. The Morgan fingerprint density at radius 2 is 2.21 bits per heavy atom. The molecule has 24 heavy (non-hydrogen) atoms. The van der Waals surface area contributed by atoms with Crippen molar-refractivity contribution in [2.75, 3.05) is 18.4 Å². The summed E-state index contributed by atoms with van der Waals surface area (Å²) in [6.45, 7) is 6.81. The normalized spacial score (nSPS) is 18.6. The number of likely N-dealkylation sites (tertiary alicyclic amines) is 1. The SMILES string of the molecule is Cc1cc([N+](=O)[O-])ccc1NC(=O)CCN1CCCC1C(C)(C)O. The molecule has 1 atom stereocenters. The number of nitrogens with zero attached hydrogens (tertiary/aromatic N) is 2. The van der Waals surface area contributed by atoms with Crippen molar-refractivity contribution in [1.82, 2.24) is 4.90 Å². The maximum Gasteiger partial charge on any atom is 0.269 e. The number of non-ortho nitro benzene ring substituents is 1. The maximum atomic E-state index is 12.2. The summed E-state index contributed by atoms with van der Waals surface area (Å²) in [5.74, 6) is -0.131. The number of aryl methyl sites for hydroxylation is 1. The van der Waals surface area contributed by atoms with E-state index >= 15 is 0 Å². The molecule has 1 amide bonds. The zero-order chi connectivity index (χ0) is 17.9. The van der Waals surface area contributed by atoms with Crippen molar-refractivity contribution >= 4 is 17.3 Å². The van der Waals surface area contributed by atoms with Gasteiger partial charge in [-0.25, -0.2) is 0 Å². The Morgan fingerprint density at radius 1 is 1.50 bits per heavy atom. The van der Waals surface area contributed by atoms with Crippen LogP contribution in [0.5, 0.6) is 0 Å². The fourth-order valence-electron chi connectivity index (χ4n) is 3.25. The van der Waals surface area contributed by atoms with Gasteiger partial charge in [0.05, 0.1) is 10.5 Å². The van der Waals surface area contributed by atoms with E-state index in [0.29, 0.717) is 24.2 Å². The predicted molar refractivity (Wildman–Crippen MR) is 92.0 cm³/mol. The second-order valence-electron chi connectivity index (χ2n) is 6.90. The molecule has 1 aromatic rings. The van der Waals surface area contributed by atoms with Gasteiger partial charge in [0, 0.05) is 36.8 Å². The molecule has 7 nitrogen and oxygen atoms in total. The summed E-state index contributed by atoms with van der Waals surface area (Å²) in [4.78, 5) is 24.6. The minimum atomic E-state index is -0.776. The van der Waals surface area contributed by atoms with E-state index in [0.717, 1.165) is 19.4 Å². The van der Waals surface area contributed by atoms with Gasteiger partial charge >= 0.3 is 0 Å².